The Kier molecular flexibility index (Phi) is 9.20. The maximum absolute atomic E-state index is 12.7. The van der Waals surface area contributed by atoms with E-state index in [0.717, 1.165) is 18.2 Å². The Morgan fingerprint density at radius 1 is 0.778 bits per heavy atom. The average Bonchev–Trinajstić information content (AvgIpc) is 2.97. The van der Waals surface area contributed by atoms with Crippen molar-refractivity contribution in [3.8, 4) is 12.1 Å². The summed E-state index contributed by atoms with van der Waals surface area (Å²) in [6.45, 7) is -0.186. The number of rotatable bonds is 11. The van der Waals surface area contributed by atoms with Crippen LogP contribution in [-0.4, -0.2) is 76.5 Å². The number of nitrogens with zero attached hydrogens (tertiary/aromatic N) is 6. The molecule has 1 aromatic heterocycles. The predicted molar refractivity (Wildman–Crippen MR) is 161 cm³/mol. The molecule has 4 rings (SSSR count). The zero-order valence-electron chi connectivity index (χ0n) is 23.3. The van der Waals surface area contributed by atoms with Gasteiger partial charge in [0.25, 0.3) is 20.2 Å². The van der Waals surface area contributed by atoms with Gasteiger partial charge in [0.05, 0.1) is 16.0 Å². The van der Waals surface area contributed by atoms with Gasteiger partial charge in [-0.1, -0.05) is 12.1 Å². The highest BCUT2D eigenvalue weighted by molar-refractivity contribution is 7.89. The molecule has 3 aromatic carbocycles. The zero-order chi connectivity index (χ0) is 33.2. The maximum atomic E-state index is 12.7. The Hall–Kier alpha value is -4.96. The number of nitrogens with one attached hydrogen (secondary N) is 3. The first-order valence-electron chi connectivity index (χ1n) is 12.4. The molecule has 0 aliphatic rings. The molecule has 0 amide bonds. The minimum atomic E-state index is -4.87. The summed E-state index contributed by atoms with van der Waals surface area (Å²) in [6.07, 6.45) is 0. The second-order valence-electron chi connectivity index (χ2n) is 9.33. The van der Waals surface area contributed by atoms with E-state index in [1.165, 1.54) is 35.2 Å². The molecule has 17 nitrogen and oxygen atoms in total. The van der Waals surface area contributed by atoms with Gasteiger partial charge in [-0.15, -0.1) is 0 Å². The van der Waals surface area contributed by atoms with Crippen LogP contribution in [0.4, 0.5) is 23.5 Å². The fourth-order valence-electron chi connectivity index (χ4n) is 3.99. The van der Waals surface area contributed by atoms with Gasteiger partial charge < -0.3 is 15.5 Å². The fourth-order valence-corrected chi connectivity index (χ4v) is 6.47. The van der Waals surface area contributed by atoms with Crippen molar-refractivity contribution in [2.45, 2.75) is 14.7 Å². The number of sulfonamides is 1. The summed E-state index contributed by atoms with van der Waals surface area (Å²) in [5, 5.41) is 23.4. The lowest BCUT2D eigenvalue weighted by Gasteiger charge is -2.15. The van der Waals surface area contributed by atoms with E-state index >= 15 is 0 Å². The van der Waals surface area contributed by atoms with Gasteiger partial charge in [0.2, 0.25) is 27.9 Å². The smallest absolute Gasteiger partial charge is 0.295 e. The van der Waals surface area contributed by atoms with Crippen molar-refractivity contribution in [3.05, 3.63) is 59.7 Å². The van der Waals surface area contributed by atoms with Crippen LogP contribution in [0.2, 0.25) is 0 Å². The largest absolute Gasteiger partial charge is 0.353 e. The monoisotopic (exact) mass is 673 g/mol. The van der Waals surface area contributed by atoms with Gasteiger partial charge in [-0.25, -0.2) is 13.1 Å². The van der Waals surface area contributed by atoms with Gasteiger partial charge in [-0.2, -0.15) is 42.3 Å². The molecule has 4 aromatic rings. The molecule has 0 fully saturated rings. The van der Waals surface area contributed by atoms with Crippen LogP contribution in [0.3, 0.4) is 0 Å². The first-order chi connectivity index (χ1) is 21.0. The van der Waals surface area contributed by atoms with Crippen LogP contribution in [-0.2, 0) is 30.3 Å². The Balaban J connectivity index is 1.60. The first kappa shape index (κ1) is 32.9. The number of nitriles is 2. The number of hydrogen-bond donors (Lipinski definition) is 5. The molecule has 0 radical (unpaired) electrons. The summed E-state index contributed by atoms with van der Waals surface area (Å²) in [7, 11) is -10.5. The van der Waals surface area contributed by atoms with Crippen LogP contribution >= 0.6 is 0 Å². The van der Waals surface area contributed by atoms with E-state index in [1.54, 1.807) is 26.2 Å². The molecule has 0 saturated heterocycles. The molecular weight excluding hydrogens is 651 g/mol. The summed E-state index contributed by atoms with van der Waals surface area (Å²) >= 11 is 0. The second-order valence-corrected chi connectivity index (χ2v) is 13.9. The minimum absolute atomic E-state index is 0.0302. The molecular formula is C25H23N9O8S3. The topological polar surface area (TPSA) is 268 Å². The van der Waals surface area contributed by atoms with E-state index in [1.807, 2.05) is 0 Å². The van der Waals surface area contributed by atoms with Crippen molar-refractivity contribution in [2.24, 2.45) is 0 Å². The second kappa shape index (κ2) is 12.6. The standard InChI is InChI=1S/C25H23N9O8S3/c1-34(2)25-32-23(28-8-9-29-43(35,36)18-7-6-15(13-26)16(10-18)14-27)31-24(33-25)30-17-11-20-19(22(12-17)45(40,41)42)4-3-5-21(20)44(37,38)39/h3-7,10-12,29H,8-9H2,1-2H3,(H,37,38,39)(H,40,41,42)(H2,28,30,31,32,33). The SMILES string of the molecule is CN(C)c1nc(NCCNS(=O)(=O)c2ccc(C#N)c(C#N)c2)nc(Nc2cc(S(=O)(=O)O)c3cccc(S(=O)(=O)O)c3c2)n1. The third-order valence-electron chi connectivity index (χ3n) is 6.00. The van der Waals surface area contributed by atoms with E-state index in [2.05, 4.69) is 30.3 Å². The third-order valence-corrected chi connectivity index (χ3v) is 9.26. The molecule has 45 heavy (non-hydrogen) atoms. The predicted octanol–water partition coefficient (Wildman–Crippen LogP) is 1.46. The van der Waals surface area contributed by atoms with Gasteiger partial charge in [0, 0.05) is 43.6 Å². The van der Waals surface area contributed by atoms with Crippen molar-refractivity contribution in [2.75, 3.05) is 42.7 Å². The first-order valence-corrected chi connectivity index (χ1v) is 16.8. The number of aromatic nitrogens is 3. The molecule has 234 valence electrons. The molecule has 5 N–H and O–H groups in total. The summed E-state index contributed by atoms with van der Waals surface area (Å²) < 4.78 is 95.5. The van der Waals surface area contributed by atoms with Crippen LogP contribution in [0.1, 0.15) is 11.1 Å². The van der Waals surface area contributed by atoms with E-state index < -0.39 is 40.1 Å². The van der Waals surface area contributed by atoms with Crippen molar-refractivity contribution in [1.82, 2.24) is 19.7 Å². The lowest BCUT2D eigenvalue weighted by molar-refractivity contribution is 0.481. The van der Waals surface area contributed by atoms with Crippen LogP contribution in [0.25, 0.3) is 10.8 Å². The van der Waals surface area contributed by atoms with Crippen molar-refractivity contribution < 1.29 is 34.4 Å². The average molecular weight is 674 g/mol. The highest BCUT2D eigenvalue weighted by atomic mass is 32.2. The van der Waals surface area contributed by atoms with Crippen molar-refractivity contribution in [3.63, 3.8) is 0 Å². The Morgan fingerprint density at radius 3 is 2.07 bits per heavy atom. The molecule has 20 heteroatoms. The molecule has 0 bridgehead atoms. The van der Waals surface area contributed by atoms with Gasteiger partial charge >= 0.3 is 0 Å². The Morgan fingerprint density at radius 2 is 1.44 bits per heavy atom. The van der Waals surface area contributed by atoms with E-state index in [0.29, 0.717) is 0 Å². The minimum Gasteiger partial charge on any atom is -0.353 e. The van der Waals surface area contributed by atoms with Gasteiger partial charge in [-0.3, -0.25) is 9.11 Å². The molecule has 0 spiro atoms. The van der Waals surface area contributed by atoms with Crippen molar-refractivity contribution >= 4 is 64.6 Å². The summed E-state index contributed by atoms with van der Waals surface area (Å²) in [6, 6.07) is 12.8. The van der Waals surface area contributed by atoms with E-state index in [-0.39, 0.29) is 63.4 Å². The fraction of sp³-hybridized carbons (Fsp3) is 0.160. The molecule has 0 unspecified atom stereocenters. The quantitative estimate of drug-likeness (QED) is 0.111. The van der Waals surface area contributed by atoms with Gasteiger partial charge in [-0.05, 0) is 36.4 Å². The van der Waals surface area contributed by atoms with E-state index in [4.69, 9.17) is 5.26 Å². The number of hydrogen-bond acceptors (Lipinski definition) is 14. The highest BCUT2D eigenvalue weighted by Crippen LogP contribution is 2.33. The Bertz CT molecular complexity index is 2230. The molecule has 0 saturated carbocycles. The normalized spacial score (nSPS) is 11.9. The van der Waals surface area contributed by atoms with Crippen LogP contribution in [0.15, 0.2) is 63.2 Å². The summed E-state index contributed by atoms with van der Waals surface area (Å²) in [5.74, 6) is -0.0649. The molecule has 1 heterocycles. The Labute approximate surface area is 257 Å². The van der Waals surface area contributed by atoms with Gasteiger partial charge in [0.15, 0.2) is 0 Å². The molecule has 0 aliphatic heterocycles. The summed E-state index contributed by atoms with van der Waals surface area (Å²) in [4.78, 5) is 12.7. The molecule has 0 atom stereocenters. The van der Waals surface area contributed by atoms with Gasteiger partial charge in [0.1, 0.15) is 21.9 Å². The number of benzene rings is 3. The lowest BCUT2D eigenvalue weighted by Crippen LogP contribution is -2.29. The summed E-state index contributed by atoms with van der Waals surface area (Å²) in [5.41, 5.74) is -0.130. The number of fused-ring (bicyclic) bond motifs is 1. The van der Waals surface area contributed by atoms with Crippen LogP contribution in [0, 0.1) is 22.7 Å². The lowest BCUT2D eigenvalue weighted by atomic mass is 10.1. The van der Waals surface area contributed by atoms with Crippen molar-refractivity contribution in [1.29, 1.82) is 10.5 Å². The van der Waals surface area contributed by atoms with Crippen LogP contribution in [0.5, 0.6) is 0 Å². The van der Waals surface area contributed by atoms with Crippen LogP contribution < -0.4 is 20.3 Å². The molecule has 0 aliphatic carbocycles. The number of anilines is 4. The third kappa shape index (κ3) is 7.58. The highest BCUT2D eigenvalue weighted by Gasteiger charge is 2.22. The zero-order valence-corrected chi connectivity index (χ0v) is 25.7. The maximum Gasteiger partial charge on any atom is 0.295 e. The van der Waals surface area contributed by atoms with E-state index in [9.17, 15) is 39.6 Å².